The minimum Gasteiger partial charge on any atom is -0.493 e. The van der Waals surface area contributed by atoms with Crippen LogP contribution in [0.25, 0.3) is 0 Å². The van der Waals surface area contributed by atoms with Gasteiger partial charge in [0.25, 0.3) is 0 Å². The standard InChI is InChI=1S/C15H18N2O2S/c1-18-14-8-12(16)13(9-15(14)19-2)17-10-4-6-11(20-3)7-5-10/h4-9,17H,16H2,1-3H3. The second kappa shape index (κ2) is 6.43. The summed E-state index contributed by atoms with van der Waals surface area (Å²) < 4.78 is 10.5. The molecule has 2 rings (SSSR count). The fourth-order valence-corrected chi connectivity index (χ4v) is 2.24. The molecule has 0 aliphatic heterocycles. The van der Waals surface area contributed by atoms with Gasteiger partial charge in [-0.2, -0.15) is 0 Å². The number of benzene rings is 2. The van der Waals surface area contributed by atoms with Gasteiger partial charge in [0.2, 0.25) is 0 Å². The second-order valence-electron chi connectivity index (χ2n) is 4.15. The van der Waals surface area contributed by atoms with E-state index in [0.29, 0.717) is 17.2 Å². The molecule has 106 valence electrons. The van der Waals surface area contributed by atoms with Crippen molar-refractivity contribution >= 4 is 28.8 Å². The van der Waals surface area contributed by atoms with Crippen LogP contribution in [-0.4, -0.2) is 20.5 Å². The Labute approximate surface area is 123 Å². The molecule has 20 heavy (non-hydrogen) atoms. The number of methoxy groups -OCH3 is 2. The van der Waals surface area contributed by atoms with Crippen LogP contribution in [0.5, 0.6) is 11.5 Å². The largest absolute Gasteiger partial charge is 0.493 e. The normalized spacial score (nSPS) is 10.2. The van der Waals surface area contributed by atoms with Crippen LogP contribution in [0.15, 0.2) is 41.3 Å². The minimum atomic E-state index is 0.608. The second-order valence-corrected chi connectivity index (χ2v) is 5.03. The molecule has 2 aromatic rings. The summed E-state index contributed by atoms with van der Waals surface area (Å²) in [6, 6.07) is 11.7. The quantitative estimate of drug-likeness (QED) is 0.649. The lowest BCUT2D eigenvalue weighted by atomic mass is 10.2. The maximum Gasteiger partial charge on any atom is 0.162 e. The van der Waals surface area contributed by atoms with Crippen LogP contribution in [0.1, 0.15) is 0 Å². The van der Waals surface area contributed by atoms with E-state index in [-0.39, 0.29) is 0 Å². The predicted octanol–water partition coefficient (Wildman–Crippen LogP) is 3.75. The summed E-state index contributed by atoms with van der Waals surface area (Å²) in [5.41, 5.74) is 8.40. The molecule has 0 fully saturated rings. The molecule has 0 radical (unpaired) electrons. The zero-order valence-electron chi connectivity index (χ0n) is 11.8. The highest BCUT2D eigenvalue weighted by Gasteiger charge is 2.09. The number of nitrogen functional groups attached to an aromatic ring is 1. The molecule has 2 aromatic carbocycles. The van der Waals surface area contributed by atoms with Crippen molar-refractivity contribution < 1.29 is 9.47 Å². The Balaban J connectivity index is 2.27. The average molecular weight is 290 g/mol. The van der Waals surface area contributed by atoms with Crippen molar-refractivity contribution in [2.24, 2.45) is 0 Å². The highest BCUT2D eigenvalue weighted by atomic mass is 32.2. The molecule has 0 aromatic heterocycles. The predicted molar refractivity (Wildman–Crippen MR) is 85.5 cm³/mol. The molecule has 0 amide bonds. The summed E-state index contributed by atoms with van der Waals surface area (Å²) in [4.78, 5) is 1.22. The molecule has 0 aliphatic rings. The third-order valence-electron chi connectivity index (χ3n) is 2.92. The fraction of sp³-hybridized carbons (Fsp3) is 0.200. The van der Waals surface area contributed by atoms with E-state index in [2.05, 4.69) is 23.7 Å². The van der Waals surface area contributed by atoms with Gasteiger partial charge in [-0.15, -0.1) is 11.8 Å². The third-order valence-corrected chi connectivity index (χ3v) is 3.67. The van der Waals surface area contributed by atoms with E-state index in [1.807, 2.05) is 18.2 Å². The molecule has 0 atom stereocenters. The van der Waals surface area contributed by atoms with Crippen molar-refractivity contribution in [3.05, 3.63) is 36.4 Å². The minimum absolute atomic E-state index is 0.608. The van der Waals surface area contributed by atoms with E-state index >= 15 is 0 Å². The zero-order valence-corrected chi connectivity index (χ0v) is 12.6. The van der Waals surface area contributed by atoms with Crippen LogP contribution < -0.4 is 20.5 Å². The Bertz CT molecular complexity index is 585. The lowest BCUT2D eigenvalue weighted by molar-refractivity contribution is 0.355. The molecule has 0 saturated carbocycles. The third kappa shape index (κ3) is 3.11. The lowest BCUT2D eigenvalue weighted by Gasteiger charge is -2.14. The molecule has 0 aliphatic carbocycles. The monoisotopic (exact) mass is 290 g/mol. The highest BCUT2D eigenvalue weighted by Crippen LogP contribution is 2.36. The van der Waals surface area contributed by atoms with Gasteiger partial charge >= 0.3 is 0 Å². The maximum absolute atomic E-state index is 6.02. The molecule has 5 heteroatoms. The number of ether oxygens (including phenoxy) is 2. The molecular weight excluding hydrogens is 272 g/mol. The van der Waals surface area contributed by atoms with Crippen LogP contribution in [0.2, 0.25) is 0 Å². The molecule has 0 spiro atoms. The molecular formula is C15H18N2O2S. The first-order valence-corrected chi connectivity index (χ1v) is 7.33. The molecule has 0 saturated heterocycles. The van der Waals surface area contributed by atoms with Gasteiger partial charge in [-0.05, 0) is 30.5 Å². The summed E-state index contributed by atoms with van der Waals surface area (Å²) in [6.07, 6.45) is 2.05. The topological polar surface area (TPSA) is 56.5 Å². The molecule has 4 nitrogen and oxygen atoms in total. The average Bonchev–Trinajstić information content (AvgIpc) is 2.49. The first-order valence-electron chi connectivity index (χ1n) is 6.10. The summed E-state index contributed by atoms with van der Waals surface area (Å²) in [7, 11) is 3.19. The van der Waals surface area contributed by atoms with E-state index in [4.69, 9.17) is 15.2 Å². The summed E-state index contributed by atoms with van der Waals surface area (Å²) in [5.74, 6) is 1.26. The van der Waals surface area contributed by atoms with Gasteiger partial charge in [-0.1, -0.05) is 0 Å². The Morgan fingerprint density at radius 3 is 2.15 bits per heavy atom. The van der Waals surface area contributed by atoms with Gasteiger partial charge in [-0.3, -0.25) is 0 Å². The highest BCUT2D eigenvalue weighted by molar-refractivity contribution is 7.98. The SMILES string of the molecule is COc1cc(N)c(Nc2ccc(SC)cc2)cc1OC. The van der Waals surface area contributed by atoms with E-state index < -0.39 is 0 Å². The van der Waals surface area contributed by atoms with Gasteiger partial charge in [0.1, 0.15) is 0 Å². The number of anilines is 3. The fourth-order valence-electron chi connectivity index (χ4n) is 1.83. The van der Waals surface area contributed by atoms with Crippen LogP contribution >= 0.6 is 11.8 Å². The van der Waals surface area contributed by atoms with Crippen molar-refractivity contribution in [2.45, 2.75) is 4.90 Å². The van der Waals surface area contributed by atoms with Gasteiger partial charge in [0, 0.05) is 22.7 Å². The van der Waals surface area contributed by atoms with Crippen molar-refractivity contribution in [3.63, 3.8) is 0 Å². The van der Waals surface area contributed by atoms with Crippen LogP contribution in [-0.2, 0) is 0 Å². The Morgan fingerprint density at radius 1 is 1.00 bits per heavy atom. The summed E-state index contributed by atoms with van der Waals surface area (Å²) >= 11 is 1.71. The summed E-state index contributed by atoms with van der Waals surface area (Å²) in [6.45, 7) is 0. The van der Waals surface area contributed by atoms with Crippen molar-refractivity contribution in [2.75, 3.05) is 31.5 Å². The maximum atomic E-state index is 6.02. The van der Waals surface area contributed by atoms with E-state index in [1.54, 1.807) is 32.0 Å². The van der Waals surface area contributed by atoms with Crippen molar-refractivity contribution in [1.29, 1.82) is 0 Å². The van der Waals surface area contributed by atoms with Crippen molar-refractivity contribution in [1.82, 2.24) is 0 Å². The number of thioether (sulfide) groups is 1. The smallest absolute Gasteiger partial charge is 0.162 e. The number of nitrogens with two attached hydrogens (primary N) is 1. The van der Waals surface area contributed by atoms with Crippen molar-refractivity contribution in [3.8, 4) is 11.5 Å². The van der Waals surface area contributed by atoms with E-state index in [1.165, 1.54) is 4.90 Å². The first-order chi connectivity index (χ1) is 9.67. The Hall–Kier alpha value is -2.01. The van der Waals surface area contributed by atoms with Crippen LogP contribution in [0.4, 0.5) is 17.1 Å². The van der Waals surface area contributed by atoms with E-state index in [9.17, 15) is 0 Å². The Morgan fingerprint density at radius 2 is 1.60 bits per heavy atom. The van der Waals surface area contributed by atoms with Gasteiger partial charge in [0.05, 0.1) is 25.6 Å². The van der Waals surface area contributed by atoms with Gasteiger partial charge in [-0.25, -0.2) is 0 Å². The molecule has 0 bridgehead atoms. The molecule has 3 N–H and O–H groups in total. The van der Waals surface area contributed by atoms with Crippen LogP contribution in [0, 0.1) is 0 Å². The number of nitrogens with one attached hydrogen (secondary N) is 1. The van der Waals surface area contributed by atoms with Gasteiger partial charge in [0.15, 0.2) is 11.5 Å². The first kappa shape index (κ1) is 14.4. The Kier molecular flexibility index (Phi) is 4.63. The zero-order chi connectivity index (χ0) is 14.5. The van der Waals surface area contributed by atoms with Gasteiger partial charge < -0.3 is 20.5 Å². The number of rotatable bonds is 5. The lowest BCUT2D eigenvalue weighted by Crippen LogP contribution is -1.99. The van der Waals surface area contributed by atoms with E-state index in [0.717, 1.165) is 11.4 Å². The summed E-state index contributed by atoms with van der Waals surface area (Å²) in [5, 5.41) is 3.28. The molecule has 0 unspecified atom stereocenters. The number of hydrogen-bond donors (Lipinski definition) is 2. The number of hydrogen-bond acceptors (Lipinski definition) is 5. The van der Waals surface area contributed by atoms with Crippen LogP contribution in [0.3, 0.4) is 0 Å². The molecule has 0 heterocycles.